The summed E-state index contributed by atoms with van der Waals surface area (Å²) in [7, 11) is 0. The highest BCUT2D eigenvalue weighted by Gasteiger charge is 2.23. The lowest BCUT2D eigenvalue weighted by atomic mass is 10.1. The number of allylic oxidation sites excluding steroid dienone is 1. The van der Waals surface area contributed by atoms with Gasteiger partial charge in [-0.3, -0.25) is 14.8 Å². The summed E-state index contributed by atoms with van der Waals surface area (Å²) in [6.07, 6.45) is 10.8. The highest BCUT2D eigenvalue weighted by molar-refractivity contribution is 8.05. The Bertz CT molecular complexity index is 619. The van der Waals surface area contributed by atoms with Crippen molar-refractivity contribution in [3.8, 4) is 0 Å². The molecule has 0 spiro atoms. The number of nitrogens with zero attached hydrogens (tertiary/aromatic N) is 2. The van der Waals surface area contributed by atoms with Crippen LogP contribution in [0.3, 0.4) is 0 Å². The summed E-state index contributed by atoms with van der Waals surface area (Å²) in [5.41, 5.74) is 2.73. The Morgan fingerprint density at radius 1 is 1.00 bits per heavy atom. The molecule has 98 valence electrons. The van der Waals surface area contributed by atoms with Gasteiger partial charge in [0.1, 0.15) is 0 Å². The summed E-state index contributed by atoms with van der Waals surface area (Å²) >= 11 is 1.57. The summed E-state index contributed by atoms with van der Waals surface area (Å²) in [4.78, 5) is 21.2. The minimum absolute atomic E-state index is 0.0997. The molecule has 0 atom stereocenters. The van der Waals surface area contributed by atoms with Crippen molar-refractivity contribution in [2.75, 3.05) is 5.75 Å². The molecule has 1 saturated heterocycles. The number of aromatic nitrogens is 2. The molecule has 1 fully saturated rings. The summed E-state index contributed by atoms with van der Waals surface area (Å²) in [5.74, 6) is 0.808. The topological polar surface area (TPSA) is 42.9 Å². The first-order chi connectivity index (χ1) is 9.83. The van der Waals surface area contributed by atoms with E-state index in [2.05, 4.69) is 9.97 Å². The van der Waals surface area contributed by atoms with Gasteiger partial charge < -0.3 is 0 Å². The second kappa shape index (κ2) is 5.84. The zero-order valence-corrected chi connectivity index (χ0v) is 11.5. The lowest BCUT2D eigenvalue weighted by Crippen LogP contribution is -1.96. The van der Waals surface area contributed by atoms with E-state index in [-0.39, 0.29) is 5.78 Å². The van der Waals surface area contributed by atoms with E-state index >= 15 is 0 Å². The summed E-state index contributed by atoms with van der Waals surface area (Å²) < 4.78 is 0. The molecule has 0 bridgehead atoms. The van der Waals surface area contributed by atoms with Gasteiger partial charge in [0.25, 0.3) is 0 Å². The number of hydrogen-bond donors (Lipinski definition) is 0. The van der Waals surface area contributed by atoms with Gasteiger partial charge >= 0.3 is 0 Å². The normalized spacial score (nSPS) is 18.9. The number of carbonyl (C=O) groups excluding carboxylic acids is 1. The van der Waals surface area contributed by atoms with Crippen LogP contribution in [0.15, 0.2) is 59.5 Å². The third kappa shape index (κ3) is 2.86. The van der Waals surface area contributed by atoms with E-state index in [0.717, 1.165) is 21.6 Å². The molecule has 1 aliphatic heterocycles. The van der Waals surface area contributed by atoms with Crippen LogP contribution in [0.4, 0.5) is 0 Å². The number of pyridine rings is 2. The van der Waals surface area contributed by atoms with Crippen molar-refractivity contribution in [1.29, 1.82) is 0 Å². The molecular formula is C16H12N2OS. The van der Waals surface area contributed by atoms with Crippen molar-refractivity contribution in [3.05, 3.63) is 70.7 Å². The van der Waals surface area contributed by atoms with Crippen LogP contribution in [0.2, 0.25) is 0 Å². The van der Waals surface area contributed by atoms with Crippen molar-refractivity contribution < 1.29 is 4.79 Å². The van der Waals surface area contributed by atoms with Crippen molar-refractivity contribution in [2.45, 2.75) is 0 Å². The Morgan fingerprint density at radius 2 is 1.65 bits per heavy atom. The summed E-state index contributed by atoms with van der Waals surface area (Å²) in [6, 6.07) is 7.62. The van der Waals surface area contributed by atoms with E-state index in [4.69, 9.17) is 0 Å². The third-order valence-corrected chi connectivity index (χ3v) is 3.98. The van der Waals surface area contributed by atoms with Gasteiger partial charge in [-0.1, -0.05) is 12.1 Å². The maximum atomic E-state index is 12.3. The van der Waals surface area contributed by atoms with E-state index in [9.17, 15) is 4.79 Å². The molecular weight excluding hydrogens is 268 g/mol. The second-order valence-electron chi connectivity index (χ2n) is 4.37. The fourth-order valence-corrected chi connectivity index (χ4v) is 2.94. The molecule has 0 N–H and O–H groups in total. The fourth-order valence-electron chi connectivity index (χ4n) is 1.93. The minimum Gasteiger partial charge on any atom is -0.288 e. The smallest absolute Gasteiger partial charge is 0.196 e. The monoisotopic (exact) mass is 280 g/mol. The number of Topliss-reactive ketones (excluding diaryl/α,β-unsaturated/α-hetero) is 1. The molecule has 0 radical (unpaired) electrons. The predicted molar refractivity (Wildman–Crippen MR) is 81.9 cm³/mol. The highest BCUT2D eigenvalue weighted by atomic mass is 32.2. The van der Waals surface area contributed by atoms with Crippen molar-refractivity contribution in [3.63, 3.8) is 0 Å². The quantitative estimate of drug-likeness (QED) is 0.792. The van der Waals surface area contributed by atoms with Crippen LogP contribution in [0.5, 0.6) is 0 Å². The van der Waals surface area contributed by atoms with Crippen LogP contribution in [-0.2, 0) is 4.79 Å². The first kappa shape index (κ1) is 12.8. The Labute approximate surface area is 121 Å². The van der Waals surface area contributed by atoms with Crippen molar-refractivity contribution in [2.24, 2.45) is 0 Å². The van der Waals surface area contributed by atoms with Crippen LogP contribution in [0, 0.1) is 0 Å². The largest absolute Gasteiger partial charge is 0.288 e. The van der Waals surface area contributed by atoms with Crippen molar-refractivity contribution >= 4 is 29.7 Å². The van der Waals surface area contributed by atoms with Crippen LogP contribution < -0.4 is 0 Å². The molecule has 3 heterocycles. The molecule has 3 nitrogen and oxygen atoms in total. The van der Waals surface area contributed by atoms with Crippen LogP contribution in [0.25, 0.3) is 12.2 Å². The van der Waals surface area contributed by atoms with Gasteiger partial charge in [-0.2, -0.15) is 0 Å². The second-order valence-corrected chi connectivity index (χ2v) is 5.39. The molecule has 3 rings (SSSR count). The highest BCUT2D eigenvalue weighted by Crippen LogP contribution is 2.33. The Balaban J connectivity index is 1.85. The molecule has 2 aromatic rings. The first-order valence-corrected chi connectivity index (χ1v) is 7.21. The number of ketones is 1. The lowest BCUT2D eigenvalue weighted by molar-refractivity contribution is -0.111. The zero-order chi connectivity index (χ0) is 13.8. The standard InChI is InChI=1S/C16H12N2OS/c19-16-14(7-12-3-1-5-17-9-12)11-20-15(16)8-13-4-2-6-18-10-13/h1-10H,11H2/b14-7+,15-8-. The summed E-state index contributed by atoms with van der Waals surface area (Å²) in [5, 5.41) is 0. The number of carbonyl (C=O) groups is 1. The van der Waals surface area contributed by atoms with E-state index in [0.29, 0.717) is 5.75 Å². The third-order valence-electron chi connectivity index (χ3n) is 2.91. The lowest BCUT2D eigenvalue weighted by Gasteiger charge is -1.96. The molecule has 0 amide bonds. The average Bonchev–Trinajstić information content (AvgIpc) is 2.83. The number of rotatable bonds is 2. The molecule has 1 aliphatic rings. The fraction of sp³-hybridized carbons (Fsp3) is 0.0625. The van der Waals surface area contributed by atoms with E-state index in [1.165, 1.54) is 0 Å². The zero-order valence-electron chi connectivity index (χ0n) is 10.7. The molecule has 0 aromatic carbocycles. The van der Waals surface area contributed by atoms with Gasteiger partial charge in [0, 0.05) is 36.1 Å². The van der Waals surface area contributed by atoms with Crippen LogP contribution in [-0.4, -0.2) is 21.5 Å². The Morgan fingerprint density at radius 3 is 2.25 bits per heavy atom. The van der Waals surface area contributed by atoms with Crippen molar-refractivity contribution in [1.82, 2.24) is 9.97 Å². The number of thioether (sulfide) groups is 1. The van der Waals surface area contributed by atoms with Crippen LogP contribution in [0.1, 0.15) is 11.1 Å². The van der Waals surface area contributed by atoms with Gasteiger partial charge in [-0.05, 0) is 35.4 Å². The average molecular weight is 280 g/mol. The van der Waals surface area contributed by atoms with Gasteiger partial charge in [-0.25, -0.2) is 0 Å². The molecule has 2 aromatic heterocycles. The Kier molecular flexibility index (Phi) is 3.74. The SMILES string of the molecule is O=C1/C(=C/c2cccnc2)CS/C1=C\c1cccnc1. The molecule has 0 unspecified atom stereocenters. The number of hydrogen-bond acceptors (Lipinski definition) is 4. The van der Waals surface area contributed by atoms with Gasteiger partial charge in [-0.15, -0.1) is 11.8 Å². The van der Waals surface area contributed by atoms with Crippen LogP contribution >= 0.6 is 11.8 Å². The summed E-state index contributed by atoms with van der Waals surface area (Å²) in [6.45, 7) is 0. The van der Waals surface area contributed by atoms with Gasteiger partial charge in [0.05, 0.1) is 4.91 Å². The Hall–Kier alpha value is -2.20. The van der Waals surface area contributed by atoms with Gasteiger partial charge in [0.2, 0.25) is 0 Å². The molecule has 20 heavy (non-hydrogen) atoms. The maximum Gasteiger partial charge on any atom is 0.196 e. The minimum atomic E-state index is 0.0997. The van der Waals surface area contributed by atoms with E-state index < -0.39 is 0 Å². The first-order valence-electron chi connectivity index (χ1n) is 6.23. The van der Waals surface area contributed by atoms with E-state index in [1.807, 2.05) is 36.4 Å². The maximum absolute atomic E-state index is 12.3. The van der Waals surface area contributed by atoms with E-state index in [1.54, 1.807) is 36.5 Å². The molecule has 4 heteroatoms. The molecule has 0 saturated carbocycles. The van der Waals surface area contributed by atoms with Gasteiger partial charge in [0.15, 0.2) is 5.78 Å². The predicted octanol–water partition coefficient (Wildman–Crippen LogP) is 3.22. The molecule has 0 aliphatic carbocycles.